The molecule has 0 spiro atoms. The van der Waals surface area contributed by atoms with Crippen LogP contribution in [0, 0.1) is 6.92 Å². The fourth-order valence-electron chi connectivity index (χ4n) is 2.40. The first-order valence-electron chi connectivity index (χ1n) is 7.51. The van der Waals surface area contributed by atoms with E-state index in [1.165, 1.54) is 0 Å². The van der Waals surface area contributed by atoms with Crippen LogP contribution in [0.25, 0.3) is 0 Å². The van der Waals surface area contributed by atoms with Gasteiger partial charge in [0.2, 0.25) is 0 Å². The van der Waals surface area contributed by atoms with Crippen molar-refractivity contribution in [1.29, 1.82) is 0 Å². The average molecular weight is 301 g/mol. The number of hydrogen-bond acceptors (Lipinski definition) is 4. The molecule has 2 aromatic carbocycles. The molecule has 0 radical (unpaired) electrons. The third-order valence-electron chi connectivity index (χ3n) is 3.58. The monoisotopic (exact) mass is 301 g/mol. The lowest BCUT2D eigenvalue weighted by atomic mass is 10.0. The third kappa shape index (κ3) is 4.00. The highest BCUT2D eigenvalue weighted by atomic mass is 16.5. The minimum Gasteiger partial charge on any atom is -0.504 e. The maximum atomic E-state index is 10.2. The van der Waals surface area contributed by atoms with Crippen LogP contribution in [0.3, 0.4) is 0 Å². The number of ether oxygens (including phenoxy) is 1. The number of aryl methyl sites for hydroxylation is 1. The number of aromatic hydroxyl groups is 1. The number of rotatable bonds is 7. The van der Waals surface area contributed by atoms with Crippen LogP contribution in [0.1, 0.15) is 29.7 Å². The van der Waals surface area contributed by atoms with Gasteiger partial charge in [0.05, 0.1) is 12.7 Å². The van der Waals surface area contributed by atoms with Gasteiger partial charge in [-0.3, -0.25) is 0 Å². The van der Waals surface area contributed by atoms with Crippen molar-refractivity contribution in [3.05, 3.63) is 59.2 Å². The van der Waals surface area contributed by atoms with Crippen molar-refractivity contribution < 1.29 is 14.9 Å². The number of nitrogens with one attached hydrogen (secondary N) is 1. The first kappa shape index (κ1) is 16.3. The molecule has 0 amide bonds. The number of aliphatic hydroxyl groups is 1. The summed E-state index contributed by atoms with van der Waals surface area (Å²) in [6, 6.07) is 13.2. The Kier molecular flexibility index (Phi) is 5.81. The van der Waals surface area contributed by atoms with Crippen molar-refractivity contribution in [2.75, 3.05) is 13.2 Å². The lowest BCUT2D eigenvalue weighted by Gasteiger charge is -2.15. The maximum absolute atomic E-state index is 10.2. The number of phenols is 1. The third-order valence-corrected chi connectivity index (χ3v) is 3.58. The molecule has 4 nitrogen and oxygen atoms in total. The largest absolute Gasteiger partial charge is 0.504 e. The van der Waals surface area contributed by atoms with Crippen molar-refractivity contribution in [3.63, 3.8) is 0 Å². The fourth-order valence-corrected chi connectivity index (χ4v) is 2.40. The lowest BCUT2D eigenvalue weighted by Crippen LogP contribution is -2.21. The topological polar surface area (TPSA) is 61.7 Å². The molecule has 2 aromatic rings. The van der Waals surface area contributed by atoms with Gasteiger partial charge in [0.1, 0.15) is 0 Å². The first-order chi connectivity index (χ1) is 10.6. The molecule has 118 valence electrons. The number of aliphatic hydroxyl groups excluding tert-OH is 1. The maximum Gasteiger partial charge on any atom is 0.162 e. The quantitative estimate of drug-likeness (QED) is 0.736. The van der Waals surface area contributed by atoms with Gasteiger partial charge in [0.25, 0.3) is 0 Å². The van der Waals surface area contributed by atoms with Gasteiger partial charge in [-0.2, -0.15) is 0 Å². The SMILES string of the molecule is CCOc1cccc(CNCC(O)c2ccccc2C)c1O. The van der Waals surface area contributed by atoms with E-state index in [2.05, 4.69) is 5.32 Å². The van der Waals surface area contributed by atoms with Crippen LogP contribution >= 0.6 is 0 Å². The highest BCUT2D eigenvalue weighted by Crippen LogP contribution is 2.29. The van der Waals surface area contributed by atoms with Crippen LogP contribution in [0.2, 0.25) is 0 Å². The molecule has 0 aromatic heterocycles. The van der Waals surface area contributed by atoms with Crippen LogP contribution < -0.4 is 10.1 Å². The van der Waals surface area contributed by atoms with E-state index in [4.69, 9.17) is 4.74 Å². The van der Waals surface area contributed by atoms with E-state index in [-0.39, 0.29) is 5.75 Å². The number of phenolic OH excluding ortho intramolecular Hbond substituents is 1. The average Bonchev–Trinajstić information content (AvgIpc) is 2.51. The minimum absolute atomic E-state index is 0.155. The molecule has 0 heterocycles. The fraction of sp³-hybridized carbons (Fsp3) is 0.333. The molecular weight excluding hydrogens is 278 g/mol. The predicted octanol–water partition coefficient (Wildman–Crippen LogP) is 2.92. The Labute approximate surface area is 131 Å². The molecule has 0 bridgehead atoms. The van der Waals surface area contributed by atoms with Crippen molar-refractivity contribution >= 4 is 0 Å². The van der Waals surface area contributed by atoms with E-state index in [1.54, 1.807) is 6.07 Å². The van der Waals surface area contributed by atoms with Gasteiger partial charge >= 0.3 is 0 Å². The zero-order valence-electron chi connectivity index (χ0n) is 13.0. The molecule has 0 saturated carbocycles. The molecular formula is C18H23NO3. The van der Waals surface area contributed by atoms with Crippen LogP contribution in [-0.2, 0) is 6.54 Å². The Bertz CT molecular complexity index is 613. The first-order valence-corrected chi connectivity index (χ1v) is 7.51. The highest BCUT2D eigenvalue weighted by Gasteiger charge is 2.11. The second kappa shape index (κ2) is 7.82. The van der Waals surface area contributed by atoms with Gasteiger partial charge in [-0.15, -0.1) is 0 Å². The smallest absolute Gasteiger partial charge is 0.162 e. The standard InChI is InChI=1S/C18H23NO3/c1-3-22-17-10-6-8-14(18(17)21)11-19-12-16(20)15-9-5-4-7-13(15)2/h4-10,16,19-21H,3,11-12H2,1-2H3. The summed E-state index contributed by atoms with van der Waals surface area (Å²) in [5, 5.41) is 23.5. The summed E-state index contributed by atoms with van der Waals surface area (Å²) < 4.78 is 5.36. The molecule has 0 aliphatic heterocycles. The molecule has 1 unspecified atom stereocenters. The normalized spacial score (nSPS) is 12.1. The van der Waals surface area contributed by atoms with Gasteiger partial charge in [-0.05, 0) is 31.0 Å². The van der Waals surface area contributed by atoms with Crippen molar-refractivity contribution in [3.8, 4) is 11.5 Å². The Morgan fingerprint density at radius 3 is 2.64 bits per heavy atom. The summed E-state index contributed by atoms with van der Waals surface area (Å²) in [5.74, 6) is 0.642. The van der Waals surface area contributed by atoms with E-state index in [1.807, 2.05) is 50.2 Å². The van der Waals surface area contributed by atoms with Gasteiger partial charge in [-0.25, -0.2) is 0 Å². The van der Waals surface area contributed by atoms with E-state index in [0.29, 0.717) is 25.4 Å². The van der Waals surface area contributed by atoms with Crippen molar-refractivity contribution in [2.45, 2.75) is 26.5 Å². The van der Waals surface area contributed by atoms with Gasteiger partial charge in [0.15, 0.2) is 11.5 Å². The summed E-state index contributed by atoms with van der Waals surface area (Å²) in [6.45, 7) is 5.26. The molecule has 22 heavy (non-hydrogen) atoms. The zero-order valence-corrected chi connectivity index (χ0v) is 13.0. The Hall–Kier alpha value is -2.04. The Balaban J connectivity index is 1.94. The van der Waals surface area contributed by atoms with Gasteiger partial charge < -0.3 is 20.3 Å². The molecule has 2 rings (SSSR count). The molecule has 0 aliphatic rings. The van der Waals surface area contributed by atoms with E-state index >= 15 is 0 Å². The predicted molar refractivity (Wildman–Crippen MR) is 87.1 cm³/mol. The molecule has 0 fully saturated rings. The highest BCUT2D eigenvalue weighted by molar-refractivity contribution is 5.45. The molecule has 0 saturated heterocycles. The van der Waals surface area contributed by atoms with E-state index < -0.39 is 6.10 Å². The number of para-hydroxylation sites is 1. The number of benzene rings is 2. The second-order valence-corrected chi connectivity index (χ2v) is 5.20. The zero-order chi connectivity index (χ0) is 15.9. The van der Waals surface area contributed by atoms with Gasteiger partial charge in [-0.1, -0.05) is 36.4 Å². The van der Waals surface area contributed by atoms with Crippen LogP contribution in [0.4, 0.5) is 0 Å². The summed E-state index contributed by atoms with van der Waals surface area (Å²) >= 11 is 0. The molecule has 1 atom stereocenters. The van der Waals surface area contributed by atoms with Crippen LogP contribution in [0.15, 0.2) is 42.5 Å². The Morgan fingerprint density at radius 1 is 1.14 bits per heavy atom. The summed E-state index contributed by atoms with van der Waals surface area (Å²) in [7, 11) is 0. The van der Waals surface area contributed by atoms with Crippen molar-refractivity contribution in [2.24, 2.45) is 0 Å². The minimum atomic E-state index is -0.571. The second-order valence-electron chi connectivity index (χ2n) is 5.20. The Morgan fingerprint density at radius 2 is 1.91 bits per heavy atom. The van der Waals surface area contributed by atoms with E-state index in [9.17, 15) is 10.2 Å². The van der Waals surface area contributed by atoms with Crippen LogP contribution in [0.5, 0.6) is 11.5 Å². The molecule has 3 N–H and O–H groups in total. The summed E-state index contributed by atoms with van der Waals surface area (Å²) in [6.07, 6.45) is -0.571. The van der Waals surface area contributed by atoms with Crippen LogP contribution in [-0.4, -0.2) is 23.4 Å². The molecule has 4 heteroatoms. The summed E-state index contributed by atoms with van der Waals surface area (Å²) in [5.41, 5.74) is 2.74. The van der Waals surface area contributed by atoms with Gasteiger partial charge in [0, 0.05) is 18.7 Å². The lowest BCUT2D eigenvalue weighted by molar-refractivity contribution is 0.173. The molecule has 0 aliphatic carbocycles. The summed E-state index contributed by atoms with van der Waals surface area (Å²) in [4.78, 5) is 0. The number of hydrogen-bond donors (Lipinski definition) is 3. The van der Waals surface area contributed by atoms with Crippen molar-refractivity contribution in [1.82, 2.24) is 5.32 Å². The van der Waals surface area contributed by atoms with E-state index in [0.717, 1.165) is 16.7 Å².